The zero-order valence-corrected chi connectivity index (χ0v) is 19.2. The lowest BCUT2D eigenvalue weighted by atomic mass is 10.1. The molecule has 162 valence electrons. The summed E-state index contributed by atoms with van der Waals surface area (Å²) in [7, 11) is -3.45. The van der Waals surface area contributed by atoms with Crippen molar-refractivity contribution in [1.82, 2.24) is 9.97 Å². The predicted molar refractivity (Wildman–Crippen MR) is 132 cm³/mol. The van der Waals surface area contributed by atoms with Crippen molar-refractivity contribution in [2.24, 2.45) is 9.98 Å². The van der Waals surface area contributed by atoms with Crippen LogP contribution in [0.3, 0.4) is 0 Å². The maximum absolute atomic E-state index is 12.2. The second-order valence-corrected chi connectivity index (χ2v) is 10.4. The third kappa shape index (κ3) is 5.06. The summed E-state index contributed by atoms with van der Waals surface area (Å²) in [6, 6.07) is 7.50. The van der Waals surface area contributed by atoms with Crippen molar-refractivity contribution in [2.75, 3.05) is 18.1 Å². The van der Waals surface area contributed by atoms with E-state index < -0.39 is 9.84 Å². The molecule has 0 radical (unpaired) electrons. The van der Waals surface area contributed by atoms with Crippen LogP contribution in [0.25, 0.3) is 15.8 Å². The number of nitrogens with zero attached hydrogens (tertiary/aromatic N) is 4. The molecule has 9 heteroatoms. The minimum absolute atomic E-state index is 0.159. The van der Waals surface area contributed by atoms with Crippen LogP contribution < -0.4 is 5.32 Å². The highest BCUT2D eigenvalue weighted by molar-refractivity contribution is 7.90. The smallest absolute Gasteiger partial charge is 0.177 e. The van der Waals surface area contributed by atoms with Gasteiger partial charge >= 0.3 is 0 Å². The number of rotatable bonds is 6. The highest BCUT2D eigenvalue weighted by atomic mass is 32.2. The summed E-state index contributed by atoms with van der Waals surface area (Å²) in [5.74, 6) is 0. The standard InChI is InChI=1S/C23H21N5O2S2/c1-15(17-4-5-22-20(11-17)27-16(2)31-22)10-18(12-19-13-25-8-9-26-19)28-21-14-24-7-6-23(21)32(3,29)30/h4-12,14,28H,1,13H2,2-3H3/b18-10+,19-12+. The summed E-state index contributed by atoms with van der Waals surface area (Å²) in [4.78, 5) is 17.3. The van der Waals surface area contributed by atoms with Crippen molar-refractivity contribution in [1.29, 1.82) is 0 Å². The van der Waals surface area contributed by atoms with E-state index in [4.69, 9.17) is 0 Å². The molecule has 1 aromatic carbocycles. The van der Waals surface area contributed by atoms with E-state index in [0.717, 1.165) is 32.1 Å². The monoisotopic (exact) mass is 463 g/mol. The van der Waals surface area contributed by atoms with Crippen LogP contribution in [0, 0.1) is 6.92 Å². The molecule has 4 rings (SSSR count). The number of allylic oxidation sites excluding steroid dienone is 3. The predicted octanol–water partition coefficient (Wildman–Crippen LogP) is 4.45. The third-order valence-corrected chi connectivity index (χ3v) is 6.75. The molecule has 2 aromatic heterocycles. The zero-order chi connectivity index (χ0) is 22.7. The first-order valence-corrected chi connectivity index (χ1v) is 12.4. The molecule has 0 spiro atoms. The van der Waals surface area contributed by atoms with Gasteiger partial charge < -0.3 is 5.32 Å². The van der Waals surface area contributed by atoms with E-state index in [1.165, 1.54) is 24.7 Å². The largest absolute Gasteiger partial charge is 0.353 e. The second kappa shape index (κ2) is 8.97. The molecule has 1 aliphatic heterocycles. The Bertz CT molecular complexity index is 1430. The fraction of sp³-hybridized carbons (Fsp3) is 0.130. The molecule has 32 heavy (non-hydrogen) atoms. The van der Waals surface area contributed by atoms with E-state index in [0.29, 0.717) is 17.9 Å². The van der Waals surface area contributed by atoms with Crippen LogP contribution in [0.5, 0.6) is 0 Å². The minimum atomic E-state index is -3.45. The number of aryl methyl sites for hydroxylation is 1. The first-order chi connectivity index (χ1) is 15.3. The van der Waals surface area contributed by atoms with Gasteiger partial charge in [-0.2, -0.15) is 0 Å². The molecule has 0 amide bonds. The molecular formula is C23H21N5O2S2. The van der Waals surface area contributed by atoms with E-state index in [2.05, 4.69) is 31.8 Å². The van der Waals surface area contributed by atoms with Crippen molar-refractivity contribution in [3.05, 3.63) is 77.4 Å². The Morgan fingerprint density at radius 1 is 1.25 bits per heavy atom. The van der Waals surface area contributed by atoms with Gasteiger partial charge in [0.25, 0.3) is 0 Å². The van der Waals surface area contributed by atoms with Crippen LogP contribution in [0.4, 0.5) is 5.69 Å². The number of hydrogen-bond acceptors (Lipinski definition) is 8. The molecule has 3 aromatic rings. The Morgan fingerprint density at radius 2 is 2.09 bits per heavy atom. The lowest BCUT2D eigenvalue weighted by Gasteiger charge is -2.13. The normalized spacial score (nSPS) is 15.4. The number of benzene rings is 1. The topological polar surface area (TPSA) is 96.7 Å². The van der Waals surface area contributed by atoms with E-state index in [9.17, 15) is 8.42 Å². The van der Waals surface area contributed by atoms with Gasteiger partial charge in [-0.3, -0.25) is 15.0 Å². The van der Waals surface area contributed by atoms with Gasteiger partial charge in [-0.05, 0) is 48.4 Å². The Labute approximate surface area is 190 Å². The number of fused-ring (bicyclic) bond motifs is 1. The van der Waals surface area contributed by atoms with Gasteiger partial charge in [-0.15, -0.1) is 11.3 Å². The number of anilines is 1. The molecule has 0 saturated heterocycles. The van der Waals surface area contributed by atoms with Crippen molar-refractivity contribution >= 4 is 55.1 Å². The van der Waals surface area contributed by atoms with Gasteiger partial charge in [0.1, 0.15) is 0 Å². The first kappa shape index (κ1) is 21.8. The van der Waals surface area contributed by atoms with Gasteiger partial charge in [-0.1, -0.05) is 12.6 Å². The zero-order valence-electron chi connectivity index (χ0n) is 17.6. The van der Waals surface area contributed by atoms with Crippen LogP contribution in [-0.4, -0.2) is 43.6 Å². The maximum atomic E-state index is 12.2. The molecule has 0 saturated carbocycles. The Balaban J connectivity index is 1.73. The molecule has 1 aliphatic rings. The van der Waals surface area contributed by atoms with Crippen LogP contribution in [0.1, 0.15) is 10.6 Å². The number of thiazole rings is 1. The van der Waals surface area contributed by atoms with Crippen molar-refractivity contribution in [3.63, 3.8) is 0 Å². The molecule has 3 heterocycles. The number of pyridine rings is 1. The number of hydrogen-bond donors (Lipinski definition) is 1. The molecule has 0 aliphatic carbocycles. The quantitative estimate of drug-likeness (QED) is 0.545. The van der Waals surface area contributed by atoms with Gasteiger partial charge in [0.2, 0.25) is 0 Å². The van der Waals surface area contributed by atoms with E-state index in [1.54, 1.807) is 23.8 Å². The molecule has 0 unspecified atom stereocenters. The molecular weight excluding hydrogens is 442 g/mol. The van der Waals surface area contributed by atoms with Crippen molar-refractivity contribution in [3.8, 4) is 0 Å². The summed E-state index contributed by atoms with van der Waals surface area (Å²) >= 11 is 1.64. The molecule has 7 nitrogen and oxygen atoms in total. The van der Waals surface area contributed by atoms with Crippen LogP contribution in [0.2, 0.25) is 0 Å². The van der Waals surface area contributed by atoms with Gasteiger partial charge in [0.05, 0.1) is 44.2 Å². The summed E-state index contributed by atoms with van der Waals surface area (Å²) in [6.07, 6.45) is 11.0. The van der Waals surface area contributed by atoms with Gasteiger partial charge in [0, 0.05) is 30.6 Å². The third-order valence-electron chi connectivity index (χ3n) is 4.64. The Morgan fingerprint density at radius 3 is 2.84 bits per heavy atom. The first-order valence-electron chi connectivity index (χ1n) is 9.72. The summed E-state index contributed by atoms with van der Waals surface area (Å²) in [5.41, 5.74) is 4.30. The van der Waals surface area contributed by atoms with E-state index in [1.807, 2.05) is 37.3 Å². The Hall–Kier alpha value is -3.43. The minimum Gasteiger partial charge on any atom is -0.353 e. The second-order valence-electron chi connectivity index (χ2n) is 7.21. The molecule has 0 fully saturated rings. The SMILES string of the molecule is C=C(/C=C(\C=C1/CN=CC=N1)Nc1cnccc1S(C)(=O)=O)c1ccc2sc(C)nc2c1. The summed E-state index contributed by atoms with van der Waals surface area (Å²) in [5, 5.41) is 4.19. The van der Waals surface area contributed by atoms with Gasteiger partial charge in [0.15, 0.2) is 9.84 Å². The molecule has 1 N–H and O–H groups in total. The number of aromatic nitrogens is 2. The van der Waals surface area contributed by atoms with E-state index in [-0.39, 0.29) is 4.90 Å². The van der Waals surface area contributed by atoms with Crippen LogP contribution >= 0.6 is 11.3 Å². The molecule has 0 atom stereocenters. The lowest BCUT2D eigenvalue weighted by molar-refractivity contribution is 0.602. The number of nitrogens with one attached hydrogen (secondary N) is 1. The molecule has 0 bridgehead atoms. The van der Waals surface area contributed by atoms with Crippen molar-refractivity contribution in [2.45, 2.75) is 11.8 Å². The average molecular weight is 464 g/mol. The Kier molecular flexibility index (Phi) is 6.11. The van der Waals surface area contributed by atoms with Gasteiger partial charge in [-0.25, -0.2) is 13.4 Å². The van der Waals surface area contributed by atoms with E-state index >= 15 is 0 Å². The highest BCUT2D eigenvalue weighted by Gasteiger charge is 2.14. The average Bonchev–Trinajstić information content (AvgIpc) is 3.13. The maximum Gasteiger partial charge on any atom is 0.177 e. The number of sulfone groups is 1. The lowest BCUT2D eigenvalue weighted by Crippen LogP contribution is -2.07. The highest BCUT2D eigenvalue weighted by Crippen LogP contribution is 2.27. The van der Waals surface area contributed by atoms with Crippen LogP contribution in [0.15, 0.2) is 81.7 Å². The summed E-state index contributed by atoms with van der Waals surface area (Å²) in [6.45, 7) is 6.62. The van der Waals surface area contributed by atoms with Crippen LogP contribution in [-0.2, 0) is 9.84 Å². The van der Waals surface area contributed by atoms with Crippen molar-refractivity contribution < 1.29 is 8.42 Å². The number of aliphatic imine (C=N–C) groups is 2. The fourth-order valence-corrected chi connectivity index (χ4v) is 4.83. The summed E-state index contributed by atoms with van der Waals surface area (Å²) < 4.78 is 25.6. The fourth-order valence-electron chi connectivity index (χ4n) is 3.21.